The van der Waals surface area contributed by atoms with Gasteiger partial charge in [0, 0.05) is 32.1 Å². The van der Waals surface area contributed by atoms with Crippen LogP contribution < -0.4 is 4.90 Å². The maximum atomic E-state index is 13.3. The monoisotopic (exact) mass is 408 g/mol. The molecule has 0 radical (unpaired) electrons. The maximum absolute atomic E-state index is 13.3. The number of carbonyl (C=O) groups is 2. The van der Waals surface area contributed by atoms with E-state index in [-0.39, 0.29) is 24.7 Å². The summed E-state index contributed by atoms with van der Waals surface area (Å²) in [5, 5.41) is 0. The lowest BCUT2D eigenvalue weighted by Gasteiger charge is -2.29. The summed E-state index contributed by atoms with van der Waals surface area (Å²) in [5.74, 6) is 0.0203. The Morgan fingerprint density at radius 1 is 1.03 bits per heavy atom. The summed E-state index contributed by atoms with van der Waals surface area (Å²) in [7, 11) is 3.84. The van der Waals surface area contributed by atoms with Crippen molar-refractivity contribution in [2.24, 2.45) is 11.8 Å². The molecule has 1 aromatic heterocycles. The molecule has 5 nitrogen and oxygen atoms in total. The van der Waals surface area contributed by atoms with E-state index in [2.05, 4.69) is 29.2 Å². The molecule has 0 saturated heterocycles. The number of hydrogen-bond acceptors (Lipinski definition) is 5. The van der Waals surface area contributed by atoms with Gasteiger partial charge in [0.2, 0.25) is 0 Å². The third-order valence-electron chi connectivity index (χ3n) is 5.98. The number of nitrogens with zero attached hydrogens (tertiary/aromatic N) is 2. The van der Waals surface area contributed by atoms with Gasteiger partial charge in [-0.1, -0.05) is 36.4 Å². The quantitative estimate of drug-likeness (QED) is 0.478. The molecular formula is C25H32N2O3. The van der Waals surface area contributed by atoms with Crippen LogP contribution in [0.15, 0.2) is 48.5 Å². The van der Waals surface area contributed by atoms with E-state index in [1.54, 1.807) is 6.92 Å². The van der Waals surface area contributed by atoms with E-state index in [4.69, 9.17) is 4.74 Å². The van der Waals surface area contributed by atoms with Gasteiger partial charge in [0.1, 0.15) is 11.7 Å². The van der Waals surface area contributed by atoms with E-state index in [9.17, 15) is 9.59 Å². The number of Topliss-reactive ketones (excluding diaryl/α,β-unsaturated/α-hetero) is 1. The minimum absolute atomic E-state index is 0.0111. The van der Waals surface area contributed by atoms with Gasteiger partial charge in [-0.3, -0.25) is 9.59 Å². The molecular weight excluding hydrogens is 376 g/mol. The highest BCUT2D eigenvalue weighted by Crippen LogP contribution is 2.37. The molecule has 160 valence electrons. The number of pyridine rings is 1. The molecule has 2 aromatic rings. The van der Waals surface area contributed by atoms with Gasteiger partial charge in [-0.2, -0.15) is 0 Å². The Labute approximate surface area is 179 Å². The van der Waals surface area contributed by atoms with Crippen LogP contribution in [0.4, 0.5) is 5.82 Å². The predicted molar refractivity (Wildman–Crippen MR) is 119 cm³/mol. The predicted octanol–water partition coefficient (Wildman–Crippen LogP) is 4.41. The molecule has 0 aliphatic heterocycles. The summed E-state index contributed by atoms with van der Waals surface area (Å²) in [6.07, 6.45) is 3.88. The molecule has 1 heterocycles. The summed E-state index contributed by atoms with van der Waals surface area (Å²) in [4.78, 5) is 32.5. The van der Waals surface area contributed by atoms with Crippen LogP contribution in [0, 0.1) is 11.8 Å². The number of benzene rings is 1. The van der Waals surface area contributed by atoms with Crippen molar-refractivity contribution in [1.29, 1.82) is 0 Å². The topological polar surface area (TPSA) is 59.5 Å². The molecule has 1 saturated carbocycles. The van der Waals surface area contributed by atoms with Crippen molar-refractivity contribution in [2.75, 3.05) is 25.6 Å². The molecule has 1 unspecified atom stereocenters. The van der Waals surface area contributed by atoms with Gasteiger partial charge in [0.05, 0.1) is 6.61 Å². The van der Waals surface area contributed by atoms with Gasteiger partial charge < -0.3 is 9.64 Å². The second kappa shape index (κ2) is 10.4. The highest BCUT2D eigenvalue weighted by atomic mass is 16.5. The summed E-state index contributed by atoms with van der Waals surface area (Å²) < 4.78 is 5.26. The fourth-order valence-electron chi connectivity index (χ4n) is 4.30. The summed E-state index contributed by atoms with van der Waals surface area (Å²) in [6.45, 7) is 2.05. The van der Waals surface area contributed by atoms with Gasteiger partial charge in [-0.25, -0.2) is 4.98 Å². The number of ketones is 1. The van der Waals surface area contributed by atoms with Gasteiger partial charge in [-0.15, -0.1) is 0 Å². The molecule has 1 atom stereocenters. The SMILES string of the molecule is CCOC(=O)C(Cc1cccc(N(C)C)n1)C(=O)[C@H]1CC[C@H](c2ccccc2)CC1. The molecule has 0 spiro atoms. The molecule has 30 heavy (non-hydrogen) atoms. The van der Waals surface area contributed by atoms with Crippen LogP contribution in [0.3, 0.4) is 0 Å². The normalized spacial score (nSPS) is 19.7. The Balaban J connectivity index is 1.70. The van der Waals surface area contributed by atoms with Crippen molar-refractivity contribution in [3.63, 3.8) is 0 Å². The first-order valence-electron chi connectivity index (χ1n) is 10.9. The molecule has 1 aliphatic carbocycles. The fourth-order valence-corrected chi connectivity index (χ4v) is 4.30. The van der Waals surface area contributed by atoms with Crippen LogP contribution >= 0.6 is 0 Å². The zero-order valence-electron chi connectivity index (χ0n) is 18.2. The molecule has 1 aliphatic rings. The zero-order valence-corrected chi connectivity index (χ0v) is 18.2. The van der Waals surface area contributed by atoms with Crippen molar-refractivity contribution < 1.29 is 14.3 Å². The van der Waals surface area contributed by atoms with E-state index in [1.807, 2.05) is 43.3 Å². The van der Waals surface area contributed by atoms with Crippen LogP contribution in [-0.4, -0.2) is 37.4 Å². The average Bonchev–Trinajstić information content (AvgIpc) is 2.78. The first-order valence-corrected chi connectivity index (χ1v) is 10.9. The number of hydrogen-bond donors (Lipinski definition) is 0. The number of carbonyl (C=O) groups excluding carboxylic acids is 2. The third-order valence-corrected chi connectivity index (χ3v) is 5.98. The highest BCUT2D eigenvalue weighted by molar-refractivity contribution is 6.00. The Kier molecular flexibility index (Phi) is 7.61. The van der Waals surface area contributed by atoms with Crippen LogP contribution in [0.1, 0.15) is 49.8 Å². The van der Waals surface area contributed by atoms with Crippen LogP contribution in [0.2, 0.25) is 0 Å². The Morgan fingerprint density at radius 2 is 1.73 bits per heavy atom. The summed E-state index contributed by atoms with van der Waals surface area (Å²) in [6, 6.07) is 16.2. The smallest absolute Gasteiger partial charge is 0.316 e. The van der Waals surface area contributed by atoms with Gasteiger partial charge in [0.25, 0.3) is 0 Å². The second-order valence-corrected chi connectivity index (χ2v) is 8.25. The third kappa shape index (κ3) is 5.47. The van der Waals surface area contributed by atoms with E-state index in [0.717, 1.165) is 37.2 Å². The maximum Gasteiger partial charge on any atom is 0.316 e. The Morgan fingerprint density at radius 3 is 2.37 bits per heavy atom. The number of esters is 1. The Hall–Kier alpha value is -2.69. The standard InChI is InChI=1S/C25H32N2O3/c1-4-30-25(29)22(17-21-11-8-12-23(26-21)27(2)3)24(28)20-15-13-19(14-16-20)18-9-6-5-7-10-18/h5-12,19-20,22H,4,13-17H2,1-3H3/t19-,20-,22?. The molecule has 0 amide bonds. The van der Waals surface area contributed by atoms with Crippen molar-refractivity contribution >= 4 is 17.6 Å². The number of ether oxygens (including phenoxy) is 1. The first kappa shape index (κ1) is 22.0. The molecule has 0 N–H and O–H groups in total. The summed E-state index contributed by atoms with van der Waals surface area (Å²) >= 11 is 0. The van der Waals surface area contributed by atoms with E-state index < -0.39 is 11.9 Å². The van der Waals surface area contributed by atoms with Crippen LogP contribution in [0.5, 0.6) is 0 Å². The highest BCUT2D eigenvalue weighted by Gasteiger charge is 2.36. The molecule has 1 fully saturated rings. The largest absolute Gasteiger partial charge is 0.465 e. The van der Waals surface area contributed by atoms with Crippen LogP contribution in [0.25, 0.3) is 0 Å². The average molecular weight is 409 g/mol. The minimum Gasteiger partial charge on any atom is -0.465 e. The zero-order chi connectivity index (χ0) is 21.5. The number of rotatable bonds is 8. The van der Waals surface area contributed by atoms with E-state index in [1.165, 1.54) is 5.56 Å². The van der Waals surface area contributed by atoms with Crippen LogP contribution in [-0.2, 0) is 20.7 Å². The lowest BCUT2D eigenvalue weighted by molar-refractivity contribution is -0.152. The minimum atomic E-state index is -0.784. The second-order valence-electron chi connectivity index (χ2n) is 8.25. The van der Waals surface area contributed by atoms with Gasteiger partial charge in [0.15, 0.2) is 5.78 Å². The van der Waals surface area contributed by atoms with Gasteiger partial charge >= 0.3 is 5.97 Å². The van der Waals surface area contributed by atoms with Gasteiger partial charge in [-0.05, 0) is 56.2 Å². The van der Waals surface area contributed by atoms with Crippen molar-refractivity contribution in [3.05, 3.63) is 59.8 Å². The van der Waals surface area contributed by atoms with Crippen molar-refractivity contribution in [1.82, 2.24) is 4.98 Å². The Bertz CT molecular complexity index is 842. The lowest BCUT2D eigenvalue weighted by Crippen LogP contribution is -2.35. The lowest BCUT2D eigenvalue weighted by atomic mass is 9.74. The molecule has 0 bridgehead atoms. The van der Waals surface area contributed by atoms with Crippen molar-refractivity contribution in [2.45, 2.75) is 44.9 Å². The summed E-state index contributed by atoms with van der Waals surface area (Å²) in [5.41, 5.74) is 2.08. The first-order chi connectivity index (χ1) is 14.5. The number of anilines is 1. The van der Waals surface area contributed by atoms with E-state index >= 15 is 0 Å². The van der Waals surface area contributed by atoms with E-state index in [0.29, 0.717) is 5.92 Å². The number of aromatic nitrogens is 1. The molecule has 3 rings (SSSR count). The molecule has 5 heteroatoms. The fraction of sp³-hybridized carbons (Fsp3) is 0.480. The van der Waals surface area contributed by atoms with Crippen molar-refractivity contribution in [3.8, 4) is 0 Å². The molecule has 1 aromatic carbocycles.